The zero-order chi connectivity index (χ0) is 15.1. The van der Waals surface area contributed by atoms with Crippen molar-refractivity contribution >= 4 is 0 Å². The first-order valence-electron chi connectivity index (χ1n) is 7.82. The maximum atomic E-state index is 3.56. The van der Waals surface area contributed by atoms with Crippen LogP contribution < -0.4 is 10.6 Å². The summed E-state index contributed by atoms with van der Waals surface area (Å²) in [7, 11) is 0. The van der Waals surface area contributed by atoms with Gasteiger partial charge in [0.1, 0.15) is 0 Å². The number of hydrogen-bond donors (Lipinski definition) is 2. The highest BCUT2D eigenvalue weighted by atomic mass is 14.9. The lowest BCUT2D eigenvalue weighted by Crippen LogP contribution is -2.37. The molecule has 0 aliphatic heterocycles. The molecule has 1 aromatic carbocycles. The van der Waals surface area contributed by atoms with E-state index in [0.29, 0.717) is 0 Å². The number of hydrogen-bond acceptors (Lipinski definition) is 2. The Morgan fingerprint density at radius 3 is 2.10 bits per heavy atom. The van der Waals surface area contributed by atoms with Gasteiger partial charge in [-0.1, -0.05) is 44.2 Å². The van der Waals surface area contributed by atoms with Gasteiger partial charge in [-0.2, -0.15) is 0 Å². The van der Waals surface area contributed by atoms with Crippen LogP contribution in [-0.2, 0) is 5.41 Å². The standard InChI is InChI=1S/C18H32N2/c1-17(2,3)20-14-9-13-19-15-12-18(4,5)16-10-7-6-8-11-16/h6-8,10-11,19-20H,9,12-15H2,1-5H3. The molecule has 0 saturated carbocycles. The summed E-state index contributed by atoms with van der Waals surface area (Å²) >= 11 is 0. The van der Waals surface area contributed by atoms with Gasteiger partial charge >= 0.3 is 0 Å². The maximum absolute atomic E-state index is 3.56. The van der Waals surface area contributed by atoms with Crippen LogP contribution in [0.25, 0.3) is 0 Å². The molecule has 2 nitrogen and oxygen atoms in total. The Bertz CT molecular complexity index is 363. The second-order valence-corrected chi connectivity index (χ2v) is 7.28. The molecule has 0 atom stereocenters. The maximum Gasteiger partial charge on any atom is 0.00965 e. The highest BCUT2D eigenvalue weighted by molar-refractivity contribution is 5.23. The monoisotopic (exact) mass is 276 g/mol. The van der Waals surface area contributed by atoms with E-state index in [0.717, 1.165) is 19.6 Å². The summed E-state index contributed by atoms with van der Waals surface area (Å²) in [6, 6.07) is 10.8. The van der Waals surface area contributed by atoms with Crippen molar-refractivity contribution in [2.24, 2.45) is 0 Å². The van der Waals surface area contributed by atoms with E-state index >= 15 is 0 Å². The summed E-state index contributed by atoms with van der Waals surface area (Å²) < 4.78 is 0. The first-order chi connectivity index (χ1) is 9.31. The van der Waals surface area contributed by atoms with Crippen LogP contribution in [0.15, 0.2) is 30.3 Å². The topological polar surface area (TPSA) is 24.1 Å². The van der Waals surface area contributed by atoms with Crippen LogP contribution >= 0.6 is 0 Å². The largest absolute Gasteiger partial charge is 0.317 e. The van der Waals surface area contributed by atoms with Crippen LogP contribution in [0.2, 0.25) is 0 Å². The van der Waals surface area contributed by atoms with E-state index < -0.39 is 0 Å². The van der Waals surface area contributed by atoms with E-state index in [2.05, 4.69) is 75.6 Å². The van der Waals surface area contributed by atoms with Crippen molar-refractivity contribution in [2.75, 3.05) is 19.6 Å². The van der Waals surface area contributed by atoms with Crippen molar-refractivity contribution in [3.05, 3.63) is 35.9 Å². The first kappa shape index (κ1) is 17.2. The molecule has 0 spiro atoms. The molecule has 114 valence electrons. The zero-order valence-corrected chi connectivity index (χ0v) is 13.9. The fraction of sp³-hybridized carbons (Fsp3) is 0.667. The van der Waals surface area contributed by atoms with Gasteiger partial charge in [-0.3, -0.25) is 0 Å². The molecule has 0 aromatic heterocycles. The SMILES string of the molecule is CC(C)(C)NCCCNCCC(C)(C)c1ccccc1. The summed E-state index contributed by atoms with van der Waals surface area (Å²) in [6.45, 7) is 14.5. The van der Waals surface area contributed by atoms with Crippen molar-refractivity contribution in [1.82, 2.24) is 10.6 Å². The average Bonchev–Trinajstić information content (AvgIpc) is 2.37. The fourth-order valence-electron chi connectivity index (χ4n) is 2.24. The Morgan fingerprint density at radius 2 is 1.50 bits per heavy atom. The summed E-state index contributed by atoms with van der Waals surface area (Å²) in [5.41, 5.74) is 1.91. The highest BCUT2D eigenvalue weighted by Crippen LogP contribution is 2.25. The zero-order valence-electron chi connectivity index (χ0n) is 13.9. The molecule has 1 aromatic rings. The van der Waals surface area contributed by atoms with E-state index in [9.17, 15) is 0 Å². The van der Waals surface area contributed by atoms with Crippen LogP contribution in [0.4, 0.5) is 0 Å². The molecule has 0 amide bonds. The molecule has 2 heteroatoms. The number of benzene rings is 1. The minimum Gasteiger partial charge on any atom is -0.317 e. The minimum absolute atomic E-state index is 0.231. The fourth-order valence-corrected chi connectivity index (χ4v) is 2.24. The van der Waals surface area contributed by atoms with Crippen molar-refractivity contribution in [1.29, 1.82) is 0 Å². The lowest BCUT2D eigenvalue weighted by Gasteiger charge is -2.25. The Hall–Kier alpha value is -0.860. The van der Waals surface area contributed by atoms with Gasteiger partial charge in [0.15, 0.2) is 0 Å². The van der Waals surface area contributed by atoms with Gasteiger partial charge in [0.2, 0.25) is 0 Å². The minimum atomic E-state index is 0.231. The molecule has 0 saturated heterocycles. The van der Waals surface area contributed by atoms with Crippen LogP contribution in [0.5, 0.6) is 0 Å². The van der Waals surface area contributed by atoms with Crippen molar-refractivity contribution < 1.29 is 0 Å². The van der Waals surface area contributed by atoms with Crippen LogP contribution in [-0.4, -0.2) is 25.2 Å². The predicted octanol–water partition coefficient (Wildman–Crippen LogP) is 3.72. The highest BCUT2D eigenvalue weighted by Gasteiger charge is 2.19. The Labute approximate surface area is 125 Å². The van der Waals surface area contributed by atoms with Gasteiger partial charge in [0.25, 0.3) is 0 Å². The normalized spacial score (nSPS) is 12.7. The third-order valence-corrected chi connectivity index (χ3v) is 3.67. The van der Waals surface area contributed by atoms with Gasteiger partial charge < -0.3 is 10.6 Å². The molecule has 1 rings (SSSR count). The summed E-state index contributed by atoms with van der Waals surface area (Å²) in [5, 5.41) is 7.07. The Kier molecular flexibility index (Phi) is 6.70. The molecule has 20 heavy (non-hydrogen) atoms. The first-order valence-corrected chi connectivity index (χ1v) is 7.82. The molecule has 0 bridgehead atoms. The van der Waals surface area contributed by atoms with E-state index in [-0.39, 0.29) is 11.0 Å². The Balaban J connectivity index is 2.15. The molecule has 0 aliphatic rings. The molecule has 0 radical (unpaired) electrons. The van der Waals surface area contributed by atoms with E-state index in [1.807, 2.05) is 0 Å². The van der Waals surface area contributed by atoms with E-state index in [1.165, 1.54) is 18.4 Å². The summed E-state index contributed by atoms with van der Waals surface area (Å²) in [6.07, 6.45) is 2.35. The Morgan fingerprint density at radius 1 is 0.850 bits per heavy atom. The number of nitrogens with one attached hydrogen (secondary N) is 2. The van der Waals surface area contributed by atoms with Crippen LogP contribution in [0.1, 0.15) is 53.0 Å². The lowest BCUT2D eigenvalue weighted by atomic mass is 9.81. The predicted molar refractivity (Wildman–Crippen MR) is 89.3 cm³/mol. The summed E-state index contributed by atoms with van der Waals surface area (Å²) in [5.74, 6) is 0. The molecule has 0 heterocycles. The summed E-state index contributed by atoms with van der Waals surface area (Å²) in [4.78, 5) is 0. The van der Waals surface area contributed by atoms with Gasteiger partial charge in [-0.15, -0.1) is 0 Å². The second kappa shape index (κ2) is 7.80. The third-order valence-electron chi connectivity index (χ3n) is 3.67. The quantitative estimate of drug-likeness (QED) is 0.707. The molecule has 0 fully saturated rings. The lowest BCUT2D eigenvalue weighted by molar-refractivity contribution is 0.412. The third kappa shape index (κ3) is 7.06. The van der Waals surface area contributed by atoms with Gasteiger partial charge in [-0.25, -0.2) is 0 Å². The molecular weight excluding hydrogens is 244 g/mol. The molecule has 0 unspecified atom stereocenters. The number of rotatable bonds is 8. The van der Waals surface area contributed by atoms with Gasteiger partial charge in [0.05, 0.1) is 0 Å². The van der Waals surface area contributed by atoms with Crippen molar-refractivity contribution in [2.45, 2.75) is 58.4 Å². The van der Waals surface area contributed by atoms with Gasteiger partial charge in [-0.05, 0) is 64.2 Å². The van der Waals surface area contributed by atoms with Crippen LogP contribution in [0.3, 0.4) is 0 Å². The second-order valence-electron chi connectivity index (χ2n) is 7.28. The van der Waals surface area contributed by atoms with Crippen LogP contribution in [0, 0.1) is 0 Å². The van der Waals surface area contributed by atoms with Crippen molar-refractivity contribution in [3.63, 3.8) is 0 Å². The van der Waals surface area contributed by atoms with Gasteiger partial charge in [0, 0.05) is 5.54 Å². The molecule has 0 aliphatic carbocycles. The van der Waals surface area contributed by atoms with E-state index in [1.54, 1.807) is 0 Å². The molecule has 2 N–H and O–H groups in total. The average molecular weight is 276 g/mol. The van der Waals surface area contributed by atoms with Crippen molar-refractivity contribution in [3.8, 4) is 0 Å². The van der Waals surface area contributed by atoms with E-state index in [4.69, 9.17) is 0 Å². The molecular formula is C18H32N2. The smallest absolute Gasteiger partial charge is 0.00965 e.